The number of hydrogen-bond acceptors (Lipinski definition) is 6. The Morgan fingerprint density at radius 1 is 1.10 bits per heavy atom. The molecule has 0 unspecified atom stereocenters. The van der Waals surface area contributed by atoms with Crippen LogP contribution in [0.4, 0.5) is 4.79 Å². The number of amides is 2. The van der Waals surface area contributed by atoms with Crippen molar-refractivity contribution in [3.8, 4) is 0 Å². The predicted molar refractivity (Wildman–Crippen MR) is 107 cm³/mol. The third-order valence-electron chi connectivity index (χ3n) is 3.95. The van der Waals surface area contributed by atoms with Crippen LogP contribution < -0.4 is 20.6 Å². The third kappa shape index (κ3) is 8.23. The zero-order valence-electron chi connectivity index (χ0n) is 16.0. The standard InChI is InChI=1S/C19H19N3O3.Mg.O3Si/c20-18(23)17(10-14-11-21-16-9-5-4-8-15(14)16)22-19(24)25-12-13-6-2-1-3-7-13;;1-4(2)3/h1-9,11,17,21H,10,12H2,(H2,20,23)(H,22,24);;/q;+2;-2/t17-;;/m0../s1. The van der Waals surface area contributed by atoms with E-state index >= 15 is 0 Å². The van der Waals surface area contributed by atoms with Gasteiger partial charge in [0, 0.05) is 32.7 Å². The van der Waals surface area contributed by atoms with Crippen LogP contribution in [0.3, 0.4) is 0 Å². The van der Waals surface area contributed by atoms with Gasteiger partial charge in [-0.1, -0.05) is 48.5 Å². The van der Waals surface area contributed by atoms with E-state index in [0.29, 0.717) is 6.42 Å². The largest absolute Gasteiger partial charge is 2.00 e. The number of nitrogens with two attached hydrogens (primary N) is 1. The summed E-state index contributed by atoms with van der Waals surface area (Å²) in [6.45, 7) is 0.130. The van der Waals surface area contributed by atoms with E-state index in [1.807, 2.05) is 60.8 Å². The maximum Gasteiger partial charge on any atom is 2.00 e. The van der Waals surface area contributed by atoms with Gasteiger partial charge < -0.3 is 34.8 Å². The van der Waals surface area contributed by atoms with Gasteiger partial charge in [-0.25, -0.2) is 4.79 Å². The second-order valence-corrected chi connectivity index (χ2v) is 6.47. The average Bonchev–Trinajstić information content (AvgIpc) is 3.09. The smallest absolute Gasteiger partial charge is 0.672 e. The number of ether oxygens (including phenoxy) is 1. The van der Waals surface area contributed by atoms with Crippen LogP contribution in [0.15, 0.2) is 60.8 Å². The minimum absolute atomic E-state index is 0. The summed E-state index contributed by atoms with van der Waals surface area (Å²) in [5.74, 6) is -0.609. The number of rotatable bonds is 6. The summed E-state index contributed by atoms with van der Waals surface area (Å²) in [5, 5.41) is 3.53. The number of alkyl carbamates (subject to hydrolysis) is 1. The van der Waals surface area contributed by atoms with E-state index < -0.39 is 27.2 Å². The molecule has 1 aromatic heterocycles. The number of nitrogens with one attached hydrogen (secondary N) is 2. The number of carbonyl (C=O) groups is 2. The van der Waals surface area contributed by atoms with Gasteiger partial charge in [-0.3, -0.25) is 4.79 Å². The topological polar surface area (TPSA) is 160 Å². The van der Waals surface area contributed by atoms with Gasteiger partial charge in [0.2, 0.25) is 5.91 Å². The number of para-hydroxylation sites is 1. The number of aromatic nitrogens is 1. The van der Waals surface area contributed by atoms with Crippen LogP contribution in [0.1, 0.15) is 11.1 Å². The SMILES string of the molecule is NC(=O)[C@H](Cc1c[nH]c2ccccc12)NC(=O)OCc1ccccc1.O=[Si]([O-])[O-].[Mg+2]. The normalized spacial score (nSPS) is 10.7. The molecular weight excluding hydrogens is 419 g/mol. The van der Waals surface area contributed by atoms with Crippen molar-refractivity contribution in [2.24, 2.45) is 5.73 Å². The molecule has 30 heavy (non-hydrogen) atoms. The molecule has 2 amide bonds. The number of primary amides is 1. The van der Waals surface area contributed by atoms with Gasteiger partial charge in [0.15, 0.2) is 0 Å². The maximum atomic E-state index is 12.0. The molecular formula is C19H19MgN3O6Si. The quantitative estimate of drug-likeness (QED) is 0.429. The summed E-state index contributed by atoms with van der Waals surface area (Å²) in [7, 11) is -3.63. The van der Waals surface area contributed by atoms with Crippen LogP contribution in [0.5, 0.6) is 0 Å². The summed E-state index contributed by atoms with van der Waals surface area (Å²) in [5.41, 5.74) is 8.17. The summed E-state index contributed by atoms with van der Waals surface area (Å²) >= 11 is 0. The fourth-order valence-corrected chi connectivity index (χ4v) is 2.65. The monoisotopic (exact) mass is 437 g/mol. The van der Waals surface area contributed by atoms with Gasteiger partial charge in [0.1, 0.15) is 12.6 Å². The van der Waals surface area contributed by atoms with Gasteiger partial charge in [-0.2, -0.15) is 0 Å². The van der Waals surface area contributed by atoms with Crippen molar-refractivity contribution in [1.82, 2.24) is 10.3 Å². The van der Waals surface area contributed by atoms with E-state index in [4.69, 9.17) is 24.5 Å². The minimum atomic E-state index is -3.63. The van der Waals surface area contributed by atoms with Gasteiger partial charge in [-0.15, -0.1) is 0 Å². The molecule has 3 aromatic rings. The molecule has 0 saturated heterocycles. The first kappa shape index (κ1) is 25.1. The number of H-pyrrole nitrogens is 1. The van der Waals surface area contributed by atoms with Crippen molar-refractivity contribution < 1.29 is 28.4 Å². The Balaban J connectivity index is 0.000000827. The van der Waals surface area contributed by atoms with Crippen LogP contribution in [0, 0.1) is 0 Å². The van der Waals surface area contributed by atoms with E-state index in [-0.39, 0.29) is 29.7 Å². The molecule has 0 fully saturated rings. The Hall–Kier alpha value is -2.90. The average molecular weight is 438 g/mol. The summed E-state index contributed by atoms with van der Waals surface area (Å²) < 4.78 is 13.7. The van der Waals surface area contributed by atoms with Crippen LogP contribution in [-0.2, 0) is 27.0 Å². The Morgan fingerprint density at radius 2 is 1.70 bits per heavy atom. The fourth-order valence-electron chi connectivity index (χ4n) is 2.65. The first-order valence-electron chi connectivity index (χ1n) is 8.56. The molecule has 1 heterocycles. The third-order valence-corrected chi connectivity index (χ3v) is 3.95. The molecule has 0 radical (unpaired) electrons. The molecule has 0 bridgehead atoms. The second kappa shape index (κ2) is 12.6. The van der Waals surface area contributed by atoms with Crippen molar-refractivity contribution in [2.45, 2.75) is 19.1 Å². The van der Waals surface area contributed by atoms with Crippen LogP contribution in [0.25, 0.3) is 10.9 Å². The number of benzene rings is 2. The number of aromatic amines is 1. The Labute approximate surface area is 190 Å². The van der Waals surface area contributed by atoms with E-state index in [2.05, 4.69) is 10.3 Å². The zero-order chi connectivity index (χ0) is 21.2. The molecule has 0 saturated carbocycles. The number of fused-ring (bicyclic) bond motifs is 1. The van der Waals surface area contributed by atoms with Crippen LogP contribution in [0.2, 0.25) is 0 Å². The van der Waals surface area contributed by atoms with Crippen molar-refractivity contribution in [2.75, 3.05) is 0 Å². The Kier molecular flexibility index (Phi) is 10.6. The van der Waals surface area contributed by atoms with Crippen molar-refractivity contribution in [3.05, 3.63) is 71.9 Å². The molecule has 3 rings (SSSR count). The van der Waals surface area contributed by atoms with Gasteiger partial charge in [0.25, 0.3) is 0 Å². The first-order valence-corrected chi connectivity index (χ1v) is 9.78. The number of hydrogen-bond donors (Lipinski definition) is 3. The summed E-state index contributed by atoms with van der Waals surface area (Å²) in [6, 6.07) is 16.2. The summed E-state index contributed by atoms with van der Waals surface area (Å²) in [4.78, 5) is 43.9. The molecule has 0 aliphatic carbocycles. The number of carbonyl (C=O) groups excluding carboxylic acids is 2. The van der Waals surface area contributed by atoms with Gasteiger partial charge >= 0.3 is 29.1 Å². The summed E-state index contributed by atoms with van der Waals surface area (Å²) in [6.07, 6.45) is 1.43. The van der Waals surface area contributed by atoms with E-state index in [9.17, 15) is 9.59 Å². The van der Waals surface area contributed by atoms with E-state index in [0.717, 1.165) is 22.0 Å². The molecule has 9 nitrogen and oxygen atoms in total. The Morgan fingerprint density at radius 3 is 2.33 bits per heavy atom. The molecule has 0 aliphatic heterocycles. The van der Waals surface area contributed by atoms with Gasteiger partial charge in [-0.05, 0) is 17.2 Å². The van der Waals surface area contributed by atoms with Gasteiger partial charge in [0.05, 0.1) is 0 Å². The molecule has 152 valence electrons. The van der Waals surface area contributed by atoms with Crippen LogP contribution in [-0.4, -0.2) is 55.2 Å². The zero-order valence-corrected chi connectivity index (χ0v) is 18.4. The molecule has 11 heteroatoms. The molecule has 0 spiro atoms. The molecule has 0 aliphatic rings. The van der Waals surface area contributed by atoms with E-state index in [1.165, 1.54) is 0 Å². The van der Waals surface area contributed by atoms with Crippen molar-refractivity contribution >= 4 is 55.1 Å². The Bertz CT molecular complexity index is 979. The molecule has 4 N–H and O–H groups in total. The van der Waals surface area contributed by atoms with E-state index in [1.54, 1.807) is 0 Å². The van der Waals surface area contributed by atoms with Crippen molar-refractivity contribution in [3.63, 3.8) is 0 Å². The molecule has 2 aromatic carbocycles. The molecule has 1 atom stereocenters. The van der Waals surface area contributed by atoms with Crippen molar-refractivity contribution in [1.29, 1.82) is 0 Å². The van der Waals surface area contributed by atoms with Crippen LogP contribution >= 0.6 is 0 Å². The first-order chi connectivity index (χ1) is 13.9. The maximum absolute atomic E-state index is 12.0. The predicted octanol–water partition coefficient (Wildman–Crippen LogP) is -0.768. The second-order valence-electron chi connectivity index (χ2n) is 5.97. The fraction of sp³-hybridized carbons (Fsp3) is 0.158. The minimum Gasteiger partial charge on any atom is -0.672 e.